The maximum Gasteiger partial charge on any atom is 0.191 e. The Morgan fingerprint density at radius 3 is 1.97 bits per heavy atom. The molecule has 0 fully saturated rings. The molecule has 170 valence electrons. The predicted octanol–water partition coefficient (Wildman–Crippen LogP) is 3.80. The molecule has 0 spiro atoms. The number of aliphatic imine (C=N–C) groups is 1. The number of benzene rings is 2. The van der Waals surface area contributed by atoms with Gasteiger partial charge in [-0.1, -0.05) is 12.1 Å². The zero-order valence-electron chi connectivity index (χ0n) is 19.3. The Balaban J connectivity index is 1.88. The minimum Gasteiger partial charge on any atom is -0.493 e. The van der Waals surface area contributed by atoms with Crippen LogP contribution in [0.15, 0.2) is 41.4 Å². The molecular weight excluding hydrogens is 394 g/mol. The Kier molecular flexibility index (Phi) is 10.3. The van der Waals surface area contributed by atoms with Crippen molar-refractivity contribution < 1.29 is 18.9 Å². The normalized spacial score (nSPS) is 11.1. The fourth-order valence-corrected chi connectivity index (χ4v) is 3.08. The Labute approximate surface area is 185 Å². The highest BCUT2D eigenvalue weighted by Gasteiger charge is 2.08. The van der Waals surface area contributed by atoms with E-state index >= 15 is 0 Å². The highest BCUT2D eigenvalue weighted by Crippen LogP contribution is 2.29. The van der Waals surface area contributed by atoms with E-state index in [-0.39, 0.29) is 0 Å². The van der Waals surface area contributed by atoms with Gasteiger partial charge in [0, 0.05) is 20.1 Å². The van der Waals surface area contributed by atoms with E-state index in [1.54, 1.807) is 14.2 Å². The maximum absolute atomic E-state index is 5.71. The molecule has 2 rings (SSSR count). The molecule has 0 amide bonds. The Hall–Kier alpha value is -3.09. The lowest BCUT2D eigenvalue weighted by Gasteiger charge is -2.15. The van der Waals surface area contributed by atoms with Crippen molar-refractivity contribution >= 4 is 5.96 Å². The number of rotatable bonds is 12. The average molecular weight is 430 g/mol. The van der Waals surface area contributed by atoms with E-state index in [0.717, 1.165) is 47.5 Å². The topological polar surface area (TPSA) is 73.3 Å². The maximum atomic E-state index is 5.71. The molecule has 2 aromatic rings. The van der Waals surface area contributed by atoms with Crippen LogP contribution >= 0.6 is 0 Å². The van der Waals surface area contributed by atoms with Gasteiger partial charge < -0.3 is 29.6 Å². The van der Waals surface area contributed by atoms with Gasteiger partial charge in [0.2, 0.25) is 0 Å². The molecule has 7 heteroatoms. The van der Waals surface area contributed by atoms with E-state index in [1.807, 2.05) is 51.1 Å². The molecule has 0 saturated carbocycles. The molecular formula is C24H35N3O4. The number of methoxy groups -OCH3 is 1. The number of ether oxygens (including phenoxy) is 4. The fraction of sp³-hybridized carbons (Fsp3) is 0.458. The van der Waals surface area contributed by atoms with Crippen LogP contribution in [0.5, 0.6) is 23.0 Å². The monoisotopic (exact) mass is 429 g/mol. The van der Waals surface area contributed by atoms with Crippen molar-refractivity contribution in [3.63, 3.8) is 0 Å². The van der Waals surface area contributed by atoms with Crippen molar-refractivity contribution in [3.05, 3.63) is 47.5 Å². The first kappa shape index (κ1) is 24.2. The SMILES string of the molecule is CCOc1ccc(CNC(=NC)NCCc2ccc(OCC)c(OCC)c2)cc1OC. The van der Waals surface area contributed by atoms with Crippen LogP contribution in [0.25, 0.3) is 0 Å². The van der Waals surface area contributed by atoms with Crippen LogP contribution < -0.4 is 29.6 Å². The first-order valence-electron chi connectivity index (χ1n) is 10.8. The second-order valence-corrected chi connectivity index (χ2v) is 6.67. The van der Waals surface area contributed by atoms with Crippen LogP contribution in [0.2, 0.25) is 0 Å². The largest absolute Gasteiger partial charge is 0.493 e. The number of nitrogens with zero attached hydrogens (tertiary/aromatic N) is 1. The minimum atomic E-state index is 0.602. The smallest absolute Gasteiger partial charge is 0.191 e. The second kappa shape index (κ2) is 13.3. The van der Waals surface area contributed by atoms with Crippen LogP contribution in [-0.2, 0) is 13.0 Å². The van der Waals surface area contributed by atoms with E-state index in [4.69, 9.17) is 18.9 Å². The van der Waals surface area contributed by atoms with Crippen LogP contribution in [0.1, 0.15) is 31.9 Å². The van der Waals surface area contributed by atoms with Crippen LogP contribution in [-0.4, -0.2) is 46.5 Å². The summed E-state index contributed by atoms with van der Waals surface area (Å²) in [4.78, 5) is 4.30. The number of nitrogens with one attached hydrogen (secondary N) is 2. The molecule has 0 atom stereocenters. The van der Waals surface area contributed by atoms with Gasteiger partial charge in [0.1, 0.15) is 0 Å². The van der Waals surface area contributed by atoms with Gasteiger partial charge in [-0.3, -0.25) is 4.99 Å². The molecule has 0 aliphatic rings. The predicted molar refractivity (Wildman–Crippen MR) is 125 cm³/mol. The molecule has 0 aliphatic heterocycles. The summed E-state index contributed by atoms with van der Waals surface area (Å²) in [5, 5.41) is 6.68. The van der Waals surface area contributed by atoms with E-state index in [2.05, 4.69) is 21.7 Å². The lowest BCUT2D eigenvalue weighted by molar-refractivity contribution is 0.287. The summed E-state index contributed by atoms with van der Waals surface area (Å²) in [6.45, 7) is 9.08. The van der Waals surface area contributed by atoms with E-state index < -0.39 is 0 Å². The van der Waals surface area contributed by atoms with Gasteiger partial charge in [-0.15, -0.1) is 0 Å². The molecule has 0 heterocycles. The standard InChI is InChI=1S/C24H35N3O4/c1-6-29-20-12-10-19(16-22(20)28-5)17-27-24(25-4)26-14-13-18-9-11-21(30-7-2)23(15-18)31-8-3/h9-12,15-16H,6-8,13-14,17H2,1-5H3,(H2,25,26,27). The minimum absolute atomic E-state index is 0.602. The zero-order valence-corrected chi connectivity index (χ0v) is 19.3. The summed E-state index contributed by atoms with van der Waals surface area (Å²) in [7, 11) is 3.41. The lowest BCUT2D eigenvalue weighted by Crippen LogP contribution is -2.37. The van der Waals surface area contributed by atoms with Gasteiger partial charge in [0.15, 0.2) is 29.0 Å². The molecule has 0 radical (unpaired) electrons. The molecule has 2 aromatic carbocycles. The first-order valence-corrected chi connectivity index (χ1v) is 10.8. The molecule has 0 saturated heterocycles. The highest BCUT2D eigenvalue weighted by molar-refractivity contribution is 5.79. The summed E-state index contributed by atoms with van der Waals surface area (Å²) >= 11 is 0. The average Bonchev–Trinajstić information content (AvgIpc) is 2.79. The van der Waals surface area contributed by atoms with Gasteiger partial charge in [-0.25, -0.2) is 0 Å². The molecule has 0 aromatic heterocycles. The molecule has 0 bridgehead atoms. The lowest BCUT2D eigenvalue weighted by atomic mass is 10.1. The summed E-state index contributed by atoms with van der Waals surface area (Å²) in [5.74, 6) is 3.78. The van der Waals surface area contributed by atoms with E-state index in [1.165, 1.54) is 5.56 Å². The van der Waals surface area contributed by atoms with Gasteiger partial charge in [-0.05, 0) is 62.6 Å². The van der Waals surface area contributed by atoms with Crippen LogP contribution in [0.4, 0.5) is 0 Å². The van der Waals surface area contributed by atoms with Gasteiger partial charge in [0.25, 0.3) is 0 Å². The quantitative estimate of drug-likeness (QED) is 0.395. The van der Waals surface area contributed by atoms with Gasteiger partial charge in [0.05, 0.1) is 26.9 Å². The van der Waals surface area contributed by atoms with Gasteiger partial charge in [-0.2, -0.15) is 0 Å². The number of hydrogen-bond acceptors (Lipinski definition) is 5. The van der Waals surface area contributed by atoms with Gasteiger partial charge >= 0.3 is 0 Å². The van der Waals surface area contributed by atoms with Crippen LogP contribution in [0.3, 0.4) is 0 Å². The zero-order chi connectivity index (χ0) is 22.5. The third-order valence-electron chi connectivity index (χ3n) is 4.53. The van der Waals surface area contributed by atoms with Crippen molar-refractivity contribution in [2.45, 2.75) is 33.7 Å². The molecule has 7 nitrogen and oxygen atoms in total. The molecule has 2 N–H and O–H groups in total. The van der Waals surface area contributed by atoms with Crippen molar-refractivity contribution in [1.29, 1.82) is 0 Å². The fourth-order valence-electron chi connectivity index (χ4n) is 3.08. The van der Waals surface area contributed by atoms with E-state index in [0.29, 0.717) is 26.4 Å². The van der Waals surface area contributed by atoms with Crippen molar-refractivity contribution in [3.8, 4) is 23.0 Å². The Bertz CT molecular complexity index is 840. The molecule has 0 unspecified atom stereocenters. The summed E-state index contributed by atoms with van der Waals surface area (Å²) in [6, 6.07) is 12.0. The van der Waals surface area contributed by atoms with E-state index in [9.17, 15) is 0 Å². The van der Waals surface area contributed by atoms with Crippen molar-refractivity contribution in [2.24, 2.45) is 4.99 Å². The van der Waals surface area contributed by atoms with Crippen molar-refractivity contribution in [2.75, 3.05) is 40.5 Å². The third kappa shape index (κ3) is 7.59. The summed E-state index contributed by atoms with van der Waals surface area (Å²) in [6.07, 6.45) is 0.837. The van der Waals surface area contributed by atoms with Crippen molar-refractivity contribution in [1.82, 2.24) is 10.6 Å². The molecule has 31 heavy (non-hydrogen) atoms. The first-order chi connectivity index (χ1) is 15.1. The molecule has 0 aliphatic carbocycles. The third-order valence-corrected chi connectivity index (χ3v) is 4.53. The Morgan fingerprint density at radius 2 is 1.35 bits per heavy atom. The van der Waals surface area contributed by atoms with Crippen LogP contribution in [0, 0.1) is 0 Å². The number of hydrogen-bond donors (Lipinski definition) is 2. The summed E-state index contributed by atoms with van der Waals surface area (Å²) in [5.41, 5.74) is 2.25. The second-order valence-electron chi connectivity index (χ2n) is 6.67. The summed E-state index contributed by atoms with van der Waals surface area (Å²) < 4.78 is 22.3. The number of guanidine groups is 1. The highest BCUT2D eigenvalue weighted by atomic mass is 16.5. The Morgan fingerprint density at radius 1 is 0.774 bits per heavy atom.